The monoisotopic (exact) mass is 280 g/mol. The number of hydrogen-bond acceptors (Lipinski definition) is 3. The van der Waals surface area contributed by atoms with E-state index in [4.69, 9.17) is 11.6 Å². The van der Waals surface area contributed by atoms with Crippen LogP contribution in [0, 0.1) is 0 Å². The number of nitrogens with one attached hydrogen (secondary N) is 1. The van der Waals surface area contributed by atoms with Crippen LogP contribution in [-0.4, -0.2) is 27.0 Å². The van der Waals surface area contributed by atoms with Gasteiger partial charge in [0.25, 0.3) is 0 Å². The van der Waals surface area contributed by atoms with Crippen LogP contribution < -0.4 is 5.32 Å². The van der Waals surface area contributed by atoms with Crippen molar-refractivity contribution in [2.24, 2.45) is 0 Å². The van der Waals surface area contributed by atoms with Crippen LogP contribution in [-0.2, 0) is 11.3 Å². The molecule has 19 heavy (non-hydrogen) atoms. The average molecular weight is 281 g/mol. The number of carbonyl (C=O) groups excluding carboxylic acids is 1. The average Bonchev–Trinajstić information content (AvgIpc) is 2.76. The Balaban J connectivity index is 2.34. The fourth-order valence-corrected chi connectivity index (χ4v) is 2.07. The van der Waals surface area contributed by atoms with Gasteiger partial charge >= 0.3 is 0 Å². The highest BCUT2D eigenvalue weighted by atomic mass is 35.5. The molecule has 1 unspecified atom stereocenters. The summed E-state index contributed by atoms with van der Waals surface area (Å²) in [7, 11) is 0. The van der Waals surface area contributed by atoms with Crippen LogP contribution in [0.5, 0.6) is 0 Å². The molecule has 5 nitrogen and oxygen atoms in total. The lowest BCUT2D eigenvalue weighted by molar-refractivity contribution is -0.121. The van der Waals surface area contributed by atoms with Crippen LogP contribution in [0.25, 0.3) is 11.2 Å². The molecule has 0 aromatic carbocycles. The van der Waals surface area contributed by atoms with Crippen molar-refractivity contribution in [3.63, 3.8) is 0 Å². The van der Waals surface area contributed by atoms with Crippen molar-refractivity contribution >= 4 is 28.7 Å². The van der Waals surface area contributed by atoms with E-state index >= 15 is 0 Å². The van der Waals surface area contributed by atoms with E-state index in [9.17, 15) is 4.79 Å². The second-order valence-corrected chi connectivity index (χ2v) is 5.02. The minimum Gasteiger partial charge on any atom is -0.355 e. The van der Waals surface area contributed by atoms with Crippen molar-refractivity contribution < 1.29 is 4.79 Å². The third-order valence-electron chi connectivity index (χ3n) is 2.76. The van der Waals surface area contributed by atoms with Crippen LogP contribution >= 0.6 is 11.6 Å². The first-order chi connectivity index (χ1) is 9.13. The summed E-state index contributed by atoms with van der Waals surface area (Å²) >= 11 is 6.12. The Morgan fingerprint density at radius 2 is 2.37 bits per heavy atom. The van der Waals surface area contributed by atoms with Crippen LogP contribution in [0.1, 0.15) is 31.5 Å². The molecule has 2 aromatic rings. The smallest absolute Gasteiger partial charge is 0.240 e. The van der Waals surface area contributed by atoms with E-state index in [2.05, 4.69) is 15.3 Å². The van der Waals surface area contributed by atoms with Gasteiger partial charge in [-0.3, -0.25) is 4.79 Å². The normalized spacial score (nSPS) is 12.6. The lowest BCUT2D eigenvalue weighted by Crippen LogP contribution is -2.28. The van der Waals surface area contributed by atoms with E-state index in [1.165, 1.54) is 0 Å². The summed E-state index contributed by atoms with van der Waals surface area (Å²) in [5.74, 6) is 0.618. The van der Waals surface area contributed by atoms with E-state index in [1.54, 1.807) is 10.8 Å². The van der Waals surface area contributed by atoms with Crippen molar-refractivity contribution in [3.8, 4) is 0 Å². The summed E-state index contributed by atoms with van der Waals surface area (Å²) in [4.78, 5) is 20.6. The molecule has 0 aliphatic carbocycles. The van der Waals surface area contributed by atoms with Crippen LogP contribution in [0.15, 0.2) is 18.3 Å². The fourth-order valence-electron chi connectivity index (χ4n) is 1.90. The van der Waals surface area contributed by atoms with Crippen molar-refractivity contribution in [1.82, 2.24) is 19.9 Å². The van der Waals surface area contributed by atoms with Crippen LogP contribution in [0.4, 0.5) is 0 Å². The molecule has 0 aliphatic heterocycles. The fraction of sp³-hybridized carbons (Fsp3) is 0.462. The molecule has 0 bridgehead atoms. The van der Waals surface area contributed by atoms with Gasteiger partial charge in [0.2, 0.25) is 5.91 Å². The molecule has 6 heteroatoms. The van der Waals surface area contributed by atoms with Gasteiger partial charge in [-0.2, -0.15) is 0 Å². The van der Waals surface area contributed by atoms with Gasteiger partial charge in [-0.05, 0) is 25.5 Å². The van der Waals surface area contributed by atoms with Crippen LogP contribution in [0.2, 0.25) is 0 Å². The van der Waals surface area contributed by atoms with Gasteiger partial charge in [0, 0.05) is 12.7 Å². The molecule has 1 amide bonds. The Bertz CT molecular complexity index is 579. The number of nitrogens with zero attached hydrogens (tertiary/aromatic N) is 3. The molecule has 2 rings (SSSR count). The summed E-state index contributed by atoms with van der Waals surface area (Å²) in [6.45, 7) is 4.72. The Kier molecular flexibility index (Phi) is 4.37. The number of hydrogen-bond donors (Lipinski definition) is 1. The topological polar surface area (TPSA) is 59.8 Å². The first-order valence-corrected chi connectivity index (χ1v) is 6.79. The van der Waals surface area contributed by atoms with Crippen molar-refractivity contribution in [2.45, 2.75) is 32.2 Å². The Morgan fingerprint density at radius 1 is 1.58 bits per heavy atom. The molecular weight excluding hydrogens is 264 g/mol. The number of alkyl halides is 1. The Morgan fingerprint density at radius 3 is 3.05 bits per heavy atom. The quantitative estimate of drug-likeness (QED) is 0.855. The van der Waals surface area contributed by atoms with Crippen molar-refractivity contribution in [2.75, 3.05) is 6.54 Å². The summed E-state index contributed by atoms with van der Waals surface area (Å²) in [6.07, 6.45) is 2.60. The molecule has 1 atom stereocenters. The largest absolute Gasteiger partial charge is 0.355 e. The molecule has 2 heterocycles. The lowest BCUT2D eigenvalue weighted by Gasteiger charge is -2.09. The number of rotatable bonds is 5. The number of amides is 1. The molecule has 0 aliphatic rings. The van der Waals surface area contributed by atoms with E-state index in [1.807, 2.05) is 26.0 Å². The highest BCUT2D eigenvalue weighted by Gasteiger charge is 2.17. The van der Waals surface area contributed by atoms with Gasteiger partial charge in [-0.1, -0.05) is 6.92 Å². The number of halogens is 1. The minimum atomic E-state index is -0.270. The number of aromatic nitrogens is 3. The zero-order valence-electron chi connectivity index (χ0n) is 11.1. The maximum Gasteiger partial charge on any atom is 0.240 e. The Hall–Kier alpha value is -1.62. The molecule has 0 radical (unpaired) electrons. The molecule has 1 N–H and O–H groups in total. The minimum absolute atomic E-state index is 0.0506. The third-order valence-corrected chi connectivity index (χ3v) is 2.96. The van der Waals surface area contributed by atoms with Gasteiger partial charge in [0.1, 0.15) is 17.9 Å². The highest BCUT2D eigenvalue weighted by Crippen LogP contribution is 2.22. The number of fused-ring (bicyclic) bond motifs is 1. The second-order valence-electron chi connectivity index (χ2n) is 4.37. The first kappa shape index (κ1) is 13.8. The van der Waals surface area contributed by atoms with Crippen molar-refractivity contribution in [3.05, 3.63) is 24.2 Å². The highest BCUT2D eigenvalue weighted by molar-refractivity contribution is 6.20. The number of carbonyl (C=O) groups is 1. The SMILES string of the molecule is CCCNC(=O)Cn1c(C(C)Cl)nc2cccnc21. The molecular formula is C13H17ClN4O. The number of pyridine rings is 1. The van der Waals surface area contributed by atoms with Gasteiger partial charge in [0.05, 0.1) is 5.38 Å². The van der Waals surface area contributed by atoms with Gasteiger partial charge in [-0.25, -0.2) is 9.97 Å². The summed E-state index contributed by atoms with van der Waals surface area (Å²) in [5.41, 5.74) is 1.45. The standard InChI is InChI=1S/C13H17ClN4O/c1-3-6-15-11(19)8-18-12(9(2)14)17-10-5-4-7-16-13(10)18/h4-5,7,9H,3,6,8H2,1-2H3,(H,15,19). The van der Waals surface area contributed by atoms with Gasteiger partial charge in [0.15, 0.2) is 5.65 Å². The Labute approximate surface area is 117 Å². The molecule has 0 saturated carbocycles. The lowest BCUT2D eigenvalue weighted by atomic mass is 10.4. The van der Waals surface area contributed by atoms with E-state index in [0.717, 1.165) is 11.9 Å². The predicted octanol–water partition coefficient (Wildman–Crippen LogP) is 2.26. The molecule has 0 fully saturated rings. The van der Waals surface area contributed by atoms with E-state index < -0.39 is 0 Å². The third kappa shape index (κ3) is 3.04. The van der Waals surface area contributed by atoms with E-state index in [0.29, 0.717) is 18.0 Å². The van der Waals surface area contributed by atoms with E-state index in [-0.39, 0.29) is 17.8 Å². The first-order valence-electron chi connectivity index (χ1n) is 6.35. The second kappa shape index (κ2) is 6.02. The maximum atomic E-state index is 11.9. The number of imidazole rings is 1. The van der Waals surface area contributed by atoms with Crippen LogP contribution in [0.3, 0.4) is 0 Å². The molecule has 0 spiro atoms. The zero-order valence-corrected chi connectivity index (χ0v) is 11.8. The zero-order chi connectivity index (χ0) is 13.8. The molecule has 2 aromatic heterocycles. The summed E-state index contributed by atoms with van der Waals surface area (Å²) in [5, 5.41) is 2.57. The van der Waals surface area contributed by atoms with Gasteiger partial charge < -0.3 is 9.88 Å². The predicted molar refractivity (Wildman–Crippen MR) is 75.1 cm³/mol. The maximum absolute atomic E-state index is 11.9. The molecule has 102 valence electrons. The molecule has 0 saturated heterocycles. The van der Waals surface area contributed by atoms with Gasteiger partial charge in [-0.15, -0.1) is 11.6 Å². The van der Waals surface area contributed by atoms with Crippen molar-refractivity contribution in [1.29, 1.82) is 0 Å². The summed E-state index contributed by atoms with van der Waals surface area (Å²) < 4.78 is 1.78. The summed E-state index contributed by atoms with van der Waals surface area (Å²) in [6, 6.07) is 3.69.